The molecular weight excluding hydrogens is 492 g/mol. The van der Waals surface area contributed by atoms with E-state index < -0.39 is 10.0 Å². The van der Waals surface area contributed by atoms with Crippen LogP contribution >= 0.6 is 15.9 Å². The average Bonchev–Trinajstić information content (AvgIpc) is 2.73. The van der Waals surface area contributed by atoms with Gasteiger partial charge in [0.15, 0.2) is 6.61 Å². The number of sulfonamides is 1. The summed E-state index contributed by atoms with van der Waals surface area (Å²) in [6.45, 7) is 9.48. The molecule has 0 spiro atoms. The van der Waals surface area contributed by atoms with Gasteiger partial charge in [0, 0.05) is 18.8 Å². The summed E-state index contributed by atoms with van der Waals surface area (Å²) in [6, 6.07) is 12.1. The van der Waals surface area contributed by atoms with Crippen molar-refractivity contribution < 1.29 is 17.9 Å². The van der Waals surface area contributed by atoms with Crippen molar-refractivity contribution in [3.63, 3.8) is 0 Å². The molecule has 2 aromatic carbocycles. The van der Waals surface area contributed by atoms with Gasteiger partial charge in [-0.15, -0.1) is 0 Å². The van der Waals surface area contributed by atoms with Crippen LogP contribution in [0.1, 0.15) is 46.1 Å². The number of piperidine rings is 1. The minimum Gasteiger partial charge on any atom is -0.483 e. The summed E-state index contributed by atoms with van der Waals surface area (Å²) < 4.78 is 33.6. The standard InChI is InChI=1S/C24H31BrN2O4S/c1-17-11-13-27(14-12-17)32(29,30)20-8-6-19(7-9-20)26-23(28)16-31-22-10-5-18(15-21(22)25)24(2,3)4/h5-10,15,17H,11-14,16H2,1-4H3,(H,26,28). The molecule has 2 aromatic rings. The largest absolute Gasteiger partial charge is 0.483 e. The van der Waals surface area contributed by atoms with E-state index in [2.05, 4.69) is 48.9 Å². The molecule has 32 heavy (non-hydrogen) atoms. The van der Waals surface area contributed by atoms with Crippen LogP contribution in [0.2, 0.25) is 0 Å². The third-order valence-corrected chi connectivity index (χ3v) is 8.21. The Kier molecular flexibility index (Phi) is 7.68. The molecule has 0 atom stereocenters. The predicted octanol–water partition coefficient (Wildman–Crippen LogP) is 5.18. The predicted molar refractivity (Wildman–Crippen MR) is 131 cm³/mol. The van der Waals surface area contributed by atoms with E-state index in [1.165, 1.54) is 16.4 Å². The lowest BCUT2D eigenvalue weighted by atomic mass is 9.87. The Labute approximate surface area is 199 Å². The van der Waals surface area contributed by atoms with Crippen LogP contribution in [0.4, 0.5) is 5.69 Å². The van der Waals surface area contributed by atoms with Crippen LogP contribution in [-0.4, -0.2) is 38.3 Å². The summed E-state index contributed by atoms with van der Waals surface area (Å²) in [7, 11) is -3.51. The Bertz CT molecular complexity index is 1050. The van der Waals surface area contributed by atoms with Crippen molar-refractivity contribution in [2.45, 2.75) is 50.8 Å². The number of ether oxygens (including phenoxy) is 1. The second-order valence-corrected chi connectivity index (χ2v) is 12.1. The number of carbonyl (C=O) groups excluding carboxylic acids is 1. The van der Waals surface area contributed by atoms with E-state index in [9.17, 15) is 13.2 Å². The van der Waals surface area contributed by atoms with Crippen molar-refractivity contribution in [1.82, 2.24) is 4.31 Å². The van der Waals surface area contributed by atoms with E-state index in [0.29, 0.717) is 30.4 Å². The van der Waals surface area contributed by atoms with Gasteiger partial charge in [-0.25, -0.2) is 8.42 Å². The number of anilines is 1. The highest BCUT2D eigenvalue weighted by Crippen LogP contribution is 2.31. The fraction of sp³-hybridized carbons (Fsp3) is 0.458. The lowest BCUT2D eigenvalue weighted by Crippen LogP contribution is -2.37. The SMILES string of the molecule is CC1CCN(S(=O)(=O)c2ccc(NC(=O)COc3ccc(C(C)(C)C)cc3Br)cc2)CC1. The first-order chi connectivity index (χ1) is 15.0. The highest BCUT2D eigenvalue weighted by atomic mass is 79.9. The normalized spacial score (nSPS) is 16.0. The number of nitrogens with one attached hydrogen (secondary N) is 1. The molecule has 0 radical (unpaired) electrons. The van der Waals surface area contributed by atoms with Gasteiger partial charge in [-0.3, -0.25) is 4.79 Å². The van der Waals surface area contributed by atoms with Crippen LogP contribution in [0.3, 0.4) is 0 Å². The van der Waals surface area contributed by atoms with Gasteiger partial charge in [-0.1, -0.05) is 33.8 Å². The molecule has 6 nitrogen and oxygen atoms in total. The number of hydrogen-bond acceptors (Lipinski definition) is 4. The Hall–Kier alpha value is -1.90. The average molecular weight is 523 g/mol. The lowest BCUT2D eigenvalue weighted by molar-refractivity contribution is -0.118. The molecule has 1 N–H and O–H groups in total. The number of hydrogen-bond donors (Lipinski definition) is 1. The highest BCUT2D eigenvalue weighted by molar-refractivity contribution is 9.10. The molecule has 8 heteroatoms. The number of benzene rings is 2. The number of carbonyl (C=O) groups is 1. The van der Waals surface area contributed by atoms with E-state index in [1.54, 1.807) is 12.1 Å². The van der Waals surface area contributed by atoms with Crippen LogP contribution in [-0.2, 0) is 20.2 Å². The van der Waals surface area contributed by atoms with Gasteiger partial charge in [0.2, 0.25) is 10.0 Å². The van der Waals surface area contributed by atoms with Gasteiger partial charge in [0.1, 0.15) is 5.75 Å². The summed E-state index contributed by atoms with van der Waals surface area (Å²) >= 11 is 3.50. The first kappa shape index (κ1) is 24.7. The molecule has 1 aliphatic heterocycles. The van der Waals surface area contributed by atoms with E-state index in [4.69, 9.17) is 4.74 Å². The zero-order valence-electron chi connectivity index (χ0n) is 19.0. The van der Waals surface area contributed by atoms with Crippen molar-refractivity contribution in [1.29, 1.82) is 0 Å². The van der Waals surface area contributed by atoms with Crippen LogP contribution in [0.25, 0.3) is 0 Å². The van der Waals surface area contributed by atoms with Gasteiger partial charge in [-0.05, 0) is 82.1 Å². The zero-order valence-corrected chi connectivity index (χ0v) is 21.4. The summed E-state index contributed by atoms with van der Waals surface area (Å²) in [5.74, 6) is 0.821. The molecule has 0 saturated carbocycles. The Morgan fingerprint density at radius 2 is 1.75 bits per heavy atom. The number of nitrogens with zero attached hydrogens (tertiary/aromatic N) is 1. The van der Waals surface area contributed by atoms with Crippen molar-refractivity contribution in [3.05, 3.63) is 52.5 Å². The molecule has 1 fully saturated rings. The Morgan fingerprint density at radius 1 is 1.12 bits per heavy atom. The third kappa shape index (κ3) is 6.11. The number of halogens is 1. The molecule has 0 aromatic heterocycles. The van der Waals surface area contributed by atoms with Crippen molar-refractivity contribution >= 4 is 37.5 Å². The number of rotatable bonds is 6. The van der Waals surface area contributed by atoms with Gasteiger partial charge in [-0.2, -0.15) is 4.31 Å². The van der Waals surface area contributed by atoms with Crippen LogP contribution in [0.5, 0.6) is 5.75 Å². The second kappa shape index (κ2) is 9.93. The monoisotopic (exact) mass is 522 g/mol. The summed E-state index contributed by atoms with van der Waals surface area (Å²) in [5, 5.41) is 2.74. The third-order valence-electron chi connectivity index (χ3n) is 5.68. The fourth-order valence-corrected chi connectivity index (χ4v) is 5.47. The Balaban J connectivity index is 1.57. The van der Waals surface area contributed by atoms with Crippen molar-refractivity contribution in [2.75, 3.05) is 25.0 Å². The maximum atomic E-state index is 12.8. The van der Waals surface area contributed by atoms with E-state index in [1.807, 2.05) is 18.2 Å². The fourth-order valence-electron chi connectivity index (χ4n) is 3.51. The Morgan fingerprint density at radius 3 is 2.31 bits per heavy atom. The molecular formula is C24H31BrN2O4S. The van der Waals surface area contributed by atoms with Gasteiger partial charge < -0.3 is 10.1 Å². The van der Waals surface area contributed by atoms with Crippen LogP contribution < -0.4 is 10.1 Å². The summed E-state index contributed by atoms with van der Waals surface area (Å²) in [6.07, 6.45) is 1.75. The molecule has 0 unspecified atom stereocenters. The van der Waals surface area contributed by atoms with Gasteiger partial charge in [0.05, 0.1) is 9.37 Å². The van der Waals surface area contributed by atoms with Crippen LogP contribution in [0, 0.1) is 5.92 Å². The molecule has 1 heterocycles. The maximum absolute atomic E-state index is 12.8. The van der Waals surface area contributed by atoms with Gasteiger partial charge in [0.25, 0.3) is 5.91 Å². The molecule has 1 amide bonds. The molecule has 0 aliphatic carbocycles. The second-order valence-electron chi connectivity index (χ2n) is 9.34. The van der Waals surface area contributed by atoms with Crippen LogP contribution in [0.15, 0.2) is 51.8 Å². The van der Waals surface area contributed by atoms with E-state index in [-0.39, 0.29) is 22.8 Å². The molecule has 3 rings (SSSR count). The van der Waals surface area contributed by atoms with E-state index >= 15 is 0 Å². The quantitative estimate of drug-likeness (QED) is 0.566. The molecule has 1 saturated heterocycles. The molecule has 1 aliphatic rings. The summed E-state index contributed by atoms with van der Waals surface area (Å²) in [5.41, 5.74) is 1.70. The first-order valence-corrected chi connectivity index (χ1v) is 13.0. The zero-order chi connectivity index (χ0) is 23.5. The van der Waals surface area contributed by atoms with E-state index in [0.717, 1.165) is 22.9 Å². The summed E-state index contributed by atoms with van der Waals surface area (Å²) in [4.78, 5) is 12.5. The topological polar surface area (TPSA) is 75.7 Å². The minimum absolute atomic E-state index is 0.0183. The molecule has 0 bridgehead atoms. The smallest absolute Gasteiger partial charge is 0.262 e. The minimum atomic E-state index is -3.51. The first-order valence-electron chi connectivity index (χ1n) is 10.8. The lowest BCUT2D eigenvalue weighted by Gasteiger charge is -2.29. The molecule has 174 valence electrons. The maximum Gasteiger partial charge on any atom is 0.262 e. The van der Waals surface area contributed by atoms with Gasteiger partial charge >= 0.3 is 0 Å². The van der Waals surface area contributed by atoms with Crippen molar-refractivity contribution in [3.8, 4) is 5.75 Å². The highest BCUT2D eigenvalue weighted by Gasteiger charge is 2.28. The van der Waals surface area contributed by atoms with Crippen molar-refractivity contribution in [2.24, 2.45) is 5.92 Å². The number of amides is 1.